The number of esters is 1. The SMILES string of the molecule is CCOC(=O)CN1C(c2ccccn2)=Nc2cccc3cccc1c23. The van der Waals surface area contributed by atoms with E-state index in [1.807, 2.05) is 59.5 Å². The summed E-state index contributed by atoms with van der Waals surface area (Å²) < 4.78 is 5.16. The normalized spacial score (nSPS) is 12.8. The van der Waals surface area contributed by atoms with Crippen molar-refractivity contribution in [3.8, 4) is 0 Å². The van der Waals surface area contributed by atoms with Gasteiger partial charge in [-0.2, -0.15) is 0 Å². The third-order valence-electron chi connectivity index (χ3n) is 4.12. The highest BCUT2D eigenvalue weighted by molar-refractivity contribution is 6.20. The van der Waals surface area contributed by atoms with Gasteiger partial charge in [0.25, 0.3) is 0 Å². The Morgan fingerprint density at radius 2 is 1.92 bits per heavy atom. The van der Waals surface area contributed by atoms with Crippen molar-refractivity contribution in [3.05, 3.63) is 66.5 Å². The number of carbonyl (C=O) groups excluding carboxylic acids is 1. The molecule has 0 saturated heterocycles. The van der Waals surface area contributed by atoms with Crippen molar-refractivity contribution < 1.29 is 9.53 Å². The van der Waals surface area contributed by atoms with E-state index in [0.717, 1.165) is 27.8 Å². The van der Waals surface area contributed by atoms with E-state index in [1.54, 1.807) is 13.1 Å². The number of hydrogen-bond donors (Lipinski definition) is 0. The molecule has 0 aliphatic carbocycles. The summed E-state index contributed by atoms with van der Waals surface area (Å²) in [5.41, 5.74) is 2.55. The van der Waals surface area contributed by atoms with Gasteiger partial charge in [0.2, 0.25) is 0 Å². The lowest BCUT2D eigenvalue weighted by molar-refractivity contribution is -0.141. The number of anilines is 1. The summed E-state index contributed by atoms with van der Waals surface area (Å²) in [4.78, 5) is 23.3. The van der Waals surface area contributed by atoms with Crippen molar-refractivity contribution in [1.82, 2.24) is 4.98 Å². The Morgan fingerprint density at radius 1 is 1.08 bits per heavy atom. The Kier molecular flexibility index (Phi) is 3.90. The Balaban J connectivity index is 1.90. The number of nitrogens with zero attached hydrogens (tertiary/aromatic N) is 3. The molecular weight excluding hydrogens is 314 g/mol. The molecule has 0 fully saturated rings. The molecule has 25 heavy (non-hydrogen) atoms. The largest absolute Gasteiger partial charge is 0.465 e. The molecule has 0 amide bonds. The second-order valence-electron chi connectivity index (χ2n) is 5.69. The fourth-order valence-electron chi connectivity index (χ4n) is 3.09. The van der Waals surface area contributed by atoms with Crippen LogP contribution in [0.5, 0.6) is 0 Å². The lowest BCUT2D eigenvalue weighted by atomic mass is 10.0. The van der Waals surface area contributed by atoms with E-state index in [0.29, 0.717) is 12.4 Å². The van der Waals surface area contributed by atoms with E-state index in [4.69, 9.17) is 9.73 Å². The maximum absolute atomic E-state index is 12.2. The van der Waals surface area contributed by atoms with E-state index in [9.17, 15) is 4.79 Å². The van der Waals surface area contributed by atoms with Crippen LogP contribution in [0.15, 0.2) is 65.8 Å². The minimum Gasteiger partial charge on any atom is -0.465 e. The minimum atomic E-state index is -0.289. The van der Waals surface area contributed by atoms with Crippen molar-refractivity contribution in [3.63, 3.8) is 0 Å². The van der Waals surface area contributed by atoms with Gasteiger partial charge in [0.05, 0.1) is 18.0 Å². The fourth-order valence-corrected chi connectivity index (χ4v) is 3.09. The molecular formula is C20H17N3O2. The summed E-state index contributed by atoms with van der Waals surface area (Å²) in [7, 11) is 0. The van der Waals surface area contributed by atoms with Crippen molar-refractivity contribution >= 4 is 34.0 Å². The summed E-state index contributed by atoms with van der Waals surface area (Å²) in [6, 6.07) is 17.7. The first-order chi connectivity index (χ1) is 12.3. The van der Waals surface area contributed by atoms with Crippen LogP contribution in [0.25, 0.3) is 10.8 Å². The molecule has 1 aliphatic rings. The van der Waals surface area contributed by atoms with Gasteiger partial charge in [0, 0.05) is 11.6 Å². The molecule has 1 aromatic heterocycles. The van der Waals surface area contributed by atoms with E-state index >= 15 is 0 Å². The summed E-state index contributed by atoms with van der Waals surface area (Å²) in [5.74, 6) is 0.363. The predicted octanol–water partition coefficient (Wildman–Crippen LogP) is 3.70. The zero-order valence-electron chi connectivity index (χ0n) is 13.8. The molecule has 5 nitrogen and oxygen atoms in total. The van der Waals surface area contributed by atoms with Crippen LogP contribution < -0.4 is 4.90 Å². The number of aliphatic imine (C=N–C) groups is 1. The van der Waals surface area contributed by atoms with Crippen LogP contribution in [0.3, 0.4) is 0 Å². The number of aromatic nitrogens is 1. The van der Waals surface area contributed by atoms with Gasteiger partial charge >= 0.3 is 5.97 Å². The zero-order valence-corrected chi connectivity index (χ0v) is 13.8. The van der Waals surface area contributed by atoms with Gasteiger partial charge in [-0.1, -0.05) is 30.3 Å². The highest BCUT2D eigenvalue weighted by Crippen LogP contribution is 2.39. The highest BCUT2D eigenvalue weighted by atomic mass is 16.5. The van der Waals surface area contributed by atoms with Gasteiger partial charge in [0.15, 0.2) is 5.84 Å². The molecule has 0 unspecified atom stereocenters. The van der Waals surface area contributed by atoms with Gasteiger partial charge < -0.3 is 9.64 Å². The van der Waals surface area contributed by atoms with Crippen molar-refractivity contribution in [2.24, 2.45) is 4.99 Å². The third kappa shape index (κ3) is 2.74. The summed E-state index contributed by atoms with van der Waals surface area (Å²) in [6.07, 6.45) is 1.72. The monoisotopic (exact) mass is 331 g/mol. The Labute approximate surface area is 145 Å². The van der Waals surface area contributed by atoms with Gasteiger partial charge in [-0.15, -0.1) is 0 Å². The van der Waals surface area contributed by atoms with Crippen molar-refractivity contribution in [2.75, 3.05) is 18.1 Å². The lowest BCUT2D eigenvalue weighted by Gasteiger charge is -2.30. The number of hydrogen-bond acceptors (Lipinski definition) is 5. The molecule has 0 saturated carbocycles. The number of rotatable bonds is 4. The van der Waals surface area contributed by atoms with E-state index in [2.05, 4.69) is 4.98 Å². The summed E-state index contributed by atoms with van der Waals surface area (Å²) >= 11 is 0. The van der Waals surface area contributed by atoms with Crippen molar-refractivity contribution in [2.45, 2.75) is 6.92 Å². The predicted molar refractivity (Wildman–Crippen MR) is 98.4 cm³/mol. The smallest absolute Gasteiger partial charge is 0.326 e. The van der Waals surface area contributed by atoms with E-state index in [-0.39, 0.29) is 12.5 Å². The Bertz CT molecular complexity index is 962. The molecule has 3 aromatic rings. The Hall–Kier alpha value is -3.21. The highest BCUT2D eigenvalue weighted by Gasteiger charge is 2.26. The summed E-state index contributed by atoms with van der Waals surface area (Å²) in [6.45, 7) is 2.25. The average Bonchev–Trinajstić information content (AvgIpc) is 2.65. The van der Waals surface area contributed by atoms with Crippen LogP contribution in [0.4, 0.5) is 11.4 Å². The fraction of sp³-hybridized carbons (Fsp3) is 0.150. The van der Waals surface area contributed by atoms with Crippen LogP contribution in [-0.4, -0.2) is 29.9 Å². The van der Waals surface area contributed by atoms with Crippen LogP contribution in [0, 0.1) is 0 Å². The third-order valence-corrected chi connectivity index (χ3v) is 4.12. The quantitative estimate of drug-likeness (QED) is 0.684. The summed E-state index contributed by atoms with van der Waals surface area (Å²) in [5, 5.41) is 2.13. The van der Waals surface area contributed by atoms with Gasteiger partial charge in [-0.05, 0) is 36.6 Å². The van der Waals surface area contributed by atoms with Crippen molar-refractivity contribution in [1.29, 1.82) is 0 Å². The first kappa shape index (κ1) is 15.3. The average molecular weight is 331 g/mol. The van der Waals surface area contributed by atoms with Crippen LogP contribution in [0.1, 0.15) is 12.6 Å². The van der Waals surface area contributed by atoms with Gasteiger partial charge in [-0.3, -0.25) is 9.78 Å². The molecule has 4 rings (SSSR count). The molecule has 124 valence electrons. The Morgan fingerprint density at radius 3 is 2.68 bits per heavy atom. The van der Waals surface area contributed by atoms with Gasteiger partial charge in [-0.25, -0.2) is 4.99 Å². The standard InChI is InChI=1S/C20H17N3O2/c1-2-25-18(24)13-23-17-11-6-8-14-7-5-10-15(19(14)17)22-20(23)16-9-3-4-12-21-16/h3-12H,2,13H2,1H3. The molecule has 0 radical (unpaired) electrons. The maximum Gasteiger partial charge on any atom is 0.326 e. The minimum absolute atomic E-state index is 0.0939. The molecule has 0 bridgehead atoms. The van der Waals surface area contributed by atoms with Gasteiger partial charge in [0.1, 0.15) is 12.2 Å². The number of benzene rings is 2. The van der Waals surface area contributed by atoms with Crippen LogP contribution in [0.2, 0.25) is 0 Å². The molecule has 5 heteroatoms. The number of carbonyl (C=O) groups is 1. The van der Waals surface area contributed by atoms with Crippen LogP contribution in [-0.2, 0) is 9.53 Å². The maximum atomic E-state index is 12.2. The zero-order chi connectivity index (χ0) is 17.2. The second-order valence-corrected chi connectivity index (χ2v) is 5.69. The first-order valence-electron chi connectivity index (χ1n) is 8.23. The van der Waals surface area contributed by atoms with Crippen LogP contribution >= 0.6 is 0 Å². The van der Waals surface area contributed by atoms with E-state index in [1.165, 1.54) is 0 Å². The molecule has 2 heterocycles. The number of pyridine rings is 1. The molecule has 2 aromatic carbocycles. The van der Waals surface area contributed by atoms with E-state index < -0.39 is 0 Å². The first-order valence-corrected chi connectivity index (χ1v) is 8.23. The topological polar surface area (TPSA) is 54.8 Å². The molecule has 0 spiro atoms. The number of amidine groups is 1. The molecule has 1 aliphatic heterocycles. The number of ether oxygens (including phenoxy) is 1. The second kappa shape index (κ2) is 6.36. The molecule has 0 atom stereocenters. The lowest BCUT2D eigenvalue weighted by Crippen LogP contribution is -2.38. The molecule has 0 N–H and O–H groups in total.